The van der Waals surface area contributed by atoms with Crippen LogP contribution in [-0.4, -0.2) is 38.5 Å². The summed E-state index contributed by atoms with van der Waals surface area (Å²) in [7, 11) is -3.83. The number of nitrogens with one attached hydrogen (secondary N) is 1. The molecule has 2 aliphatic rings. The van der Waals surface area contributed by atoms with Crippen molar-refractivity contribution in [3.8, 4) is 0 Å². The van der Waals surface area contributed by atoms with Gasteiger partial charge in [0.2, 0.25) is 10.0 Å². The molecule has 110 valence electrons. The van der Waals surface area contributed by atoms with Crippen LogP contribution < -0.4 is 10.5 Å². The molecule has 7 heteroatoms. The van der Waals surface area contributed by atoms with Crippen molar-refractivity contribution in [3.05, 3.63) is 24.0 Å². The summed E-state index contributed by atoms with van der Waals surface area (Å²) in [6.07, 6.45) is 3.17. The molecular formula is C13H18FN3O2S. The third-order valence-electron chi connectivity index (χ3n) is 3.85. The number of benzene rings is 1. The molecule has 5 nitrogen and oxygen atoms in total. The molecule has 3 N–H and O–H groups in total. The van der Waals surface area contributed by atoms with Gasteiger partial charge in [0.15, 0.2) is 0 Å². The van der Waals surface area contributed by atoms with Gasteiger partial charge in [-0.2, -0.15) is 0 Å². The molecule has 1 aromatic carbocycles. The Labute approximate surface area is 118 Å². The van der Waals surface area contributed by atoms with Crippen molar-refractivity contribution in [1.29, 1.82) is 0 Å². The van der Waals surface area contributed by atoms with Crippen molar-refractivity contribution in [2.24, 2.45) is 0 Å². The first-order chi connectivity index (χ1) is 9.45. The van der Waals surface area contributed by atoms with Crippen molar-refractivity contribution in [3.63, 3.8) is 0 Å². The number of anilines is 1. The van der Waals surface area contributed by atoms with Crippen LogP contribution in [0.1, 0.15) is 19.3 Å². The Morgan fingerprint density at radius 3 is 2.70 bits per heavy atom. The molecular weight excluding hydrogens is 281 g/mol. The van der Waals surface area contributed by atoms with Gasteiger partial charge in [0.1, 0.15) is 10.7 Å². The van der Waals surface area contributed by atoms with Gasteiger partial charge < -0.3 is 5.73 Å². The maximum absolute atomic E-state index is 13.7. The molecule has 0 radical (unpaired) electrons. The number of hydrogen-bond acceptors (Lipinski definition) is 4. The first-order valence-corrected chi connectivity index (χ1v) is 8.25. The van der Waals surface area contributed by atoms with Crippen LogP contribution in [0.3, 0.4) is 0 Å². The van der Waals surface area contributed by atoms with Crippen LogP contribution in [0.15, 0.2) is 23.1 Å². The van der Waals surface area contributed by atoms with Gasteiger partial charge in [-0.15, -0.1) is 0 Å². The Bertz CT molecular complexity index is 616. The fraction of sp³-hybridized carbons (Fsp3) is 0.538. The van der Waals surface area contributed by atoms with E-state index in [4.69, 9.17) is 5.73 Å². The predicted molar refractivity (Wildman–Crippen MR) is 74.1 cm³/mol. The van der Waals surface area contributed by atoms with Crippen molar-refractivity contribution in [2.45, 2.75) is 36.2 Å². The van der Waals surface area contributed by atoms with Crippen LogP contribution in [0.2, 0.25) is 0 Å². The third-order valence-corrected chi connectivity index (χ3v) is 5.40. The van der Waals surface area contributed by atoms with E-state index < -0.39 is 15.8 Å². The fourth-order valence-electron chi connectivity index (χ4n) is 2.67. The molecule has 1 heterocycles. The molecule has 0 spiro atoms. The topological polar surface area (TPSA) is 75.4 Å². The van der Waals surface area contributed by atoms with Crippen LogP contribution in [-0.2, 0) is 10.0 Å². The molecule has 1 aliphatic heterocycles. The van der Waals surface area contributed by atoms with Crippen molar-refractivity contribution in [2.75, 3.05) is 18.8 Å². The normalized spacial score (nSPS) is 24.1. The zero-order valence-corrected chi connectivity index (χ0v) is 11.9. The van der Waals surface area contributed by atoms with E-state index >= 15 is 0 Å². The standard InChI is InChI=1S/C13H18FN3O2S/c14-12-7-9(15)1-4-13(12)20(18,19)16-10-5-6-17(8-10)11-2-3-11/h1,4,7,10-11,16H,2-3,5-6,8,15H2. The minimum atomic E-state index is -3.83. The van der Waals surface area contributed by atoms with E-state index in [-0.39, 0.29) is 16.6 Å². The minimum Gasteiger partial charge on any atom is -0.399 e. The highest BCUT2D eigenvalue weighted by Gasteiger charge is 2.36. The van der Waals surface area contributed by atoms with Crippen molar-refractivity contribution in [1.82, 2.24) is 9.62 Å². The summed E-state index contributed by atoms with van der Waals surface area (Å²) in [4.78, 5) is 1.96. The number of sulfonamides is 1. The van der Waals surface area contributed by atoms with Crippen LogP contribution >= 0.6 is 0 Å². The second kappa shape index (κ2) is 4.98. The van der Waals surface area contributed by atoms with Gasteiger partial charge >= 0.3 is 0 Å². The highest BCUT2D eigenvalue weighted by atomic mass is 32.2. The van der Waals surface area contributed by atoms with Gasteiger partial charge in [-0.1, -0.05) is 0 Å². The second-order valence-electron chi connectivity index (χ2n) is 5.52. The number of hydrogen-bond donors (Lipinski definition) is 2. The molecule has 0 aromatic heterocycles. The zero-order chi connectivity index (χ0) is 14.3. The quantitative estimate of drug-likeness (QED) is 0.811. The summed E-state index contributed by atoms with van der Waals surface area (Å²) in [5.74, 6) is -0.811. The van der Waals surface area contributed by atoms with E-state index in [1.165, 1.54) is 25.0 Å². The van der Waals surface area contributed by atoms with Crippen molar-refractivity contribution >= 4 is 15.7 Å². The van der Waals surface area contributed by atoms with E-state index in [0.29, 0.717) is 12.6 Å². The predicted octanol–water partition coefficient (Wildman–Crippen LogP) is 0.923. The molecule has 3 rings (SSSR count). The van der Waals surface area contributed by atoms with Crippen molar-refractivity contribution < 1.29 is 12.8 Å². The molecule has 1 aliphatic carbocycles. The average Bonchev–Trinajstić information content (AvgIpc) is 3.10. The number of halogens is 1. The van der Waals surface area contributed by atoms with Crippen LogP contribution in [0.5, 0.6) is 0 Å². The van der Waals surface area contributed by atoms with Gasteiger partial charge in [0, 0.05) is 30.9 Å². The molecule has 20 heavy (non-hydrogen) atoms. The summed E-state index contributed by atoms with van der Waals surface area (Å²) in [5.41, 5.74) is 5.64. The molecule has 1 saturated carbocycles. The smallest absolute Gasteiger partial charge is 0.243 e. The Balaban J connectivity index is 1.72. The van der Waals surface area contributed by atoms with Gasteiger partial charge in [0.05, 0.1) is 0 Å². The number of nitrogens with zero attached hydrogens (tertiary/aromatic N) is 1. The van der Waals surface area contributed by atoms with Gasteiger partial charge in [-0.05, 0) is 37.5 Å². The first kappa shape index (κ1) is 13.8. The van der Waals surface area contributed by atoms with Crippen LogP contribution in [0.25, 0.3) is 0 Å². The lowest BCUT2D eigenvalue weighted by atomic mass is 10.3. The Morgan fingerprint density at radius 2 is 2.05 bits per heavy atom. The molecule has 0 bridgehead atoms. The molecule has 1 unspecified atom stereocenters. The van der Waals surface area contributed by atoms with Crippen LogP contribution in [0, 0.1) is 5.82 Å². The molecule has 1 atom stereocenters. The maximum Gasteiger partial charge on any atom is 0.243 e. The van der Waals surface area contributed by atoms with Gasteiger partial charge in [0.25, 0.3) is 0 Å². The summed E-state index contributed by atoms with van der Waals surface area (Å²) in [6.45, 7) is 1.61. The summed E-state index contributed by atoms with van der Waals surface area (Å²) in [5, 5.41) is 0. The molecule has 1 saturated heterocycles. The largest absolute Gasteiger partial charge is 0.399 e. The van der Waals surface area contributed by atoms with E-state index in [0.717, 1.165) is 19.0 Å². The highest BCUT2D eigenvalue weighted by Crippen LogP contribution is 2.30. The Morgan fingerprint density at radius 1 is 1.30 bits per heavy atom. The molecule has 0 amide bonds. The van der Waals surface area contributed by atoms with E-state index in [2.05, 4.69) is 9.62 Å². The minimum absolute atomic E-state index is 0.141. The van der Waals surface area contributed by atoms with E-state index in [9.17, 15) is 12.8 Å². The summed E-state index contributed by atoms with van der Waals surface area (Å²) < 4.78 is 40.7. The monoisotopic (exact) mass is 299 g/mol. The first-order valence-electron chi connectivity index (χ1n) is 6.77. The maximum atomic E-state index is 13.7. The Kier molecular flexibility index (Phi) is 3.43. The van der Waals surface area contributed by atoms with E-state index in [1.54, 1.807) is 0 Å². The number of nitrogens with two attached hydrogens (primary N) is 1. The number of rotatable bonds is 4. The second-order valence-corrected chi connectivity index (χ2v) is 7.21. The fourth-order valence-corrected chi connectivity index (χ4v) is 3.99. The lowest BCUT2D eigenvalue weighted by Crippen LogP contribution is -2.37. The zero-order valence-electron chi connectivity index (χ0n) is 11.0. The lowest BCUT2D eigenvalue weighted by molar-refractivity contribution is 0.322. The Hall–Kier alpha value is -1.18. The molecule has 1 aromatic rings. The van der Waals surface area contributed by atoms with Gasteiger partial charge in [-0.25, -0.2) is 17.5 Å². The third kappa shape index (κ3) is 2.79. The number of nitrogen functional groups attached to an aromatic ring is 1. The lowest BCUT2D eigenvalue weighted by Gasteiger charge is -2.16. The summed E-state index contributed by atoms with van der Waals surface area (Å²) >= 11 is 0. The van der Waals surface area contributed by atoms with Crippen LogP contribution in [0.4, 0.5) is 10.1 Å². The van der Waals surface area contributed by atoms with E-state index in [1.807, 2.05) is 0 Å². The summed E-state index contributed by atoms with van der Waals surface area (Å²) in [6, 6.07) is 4.11. The average molecular weight is 299 g/mol. The molecule has 2 fully saturated rings. The SMILES string of the molecule is Nc1ccc(S(=O)(=O)NC2CCN(C3CC3)C2)c(F)c1. The highest BCUT2D eigenvalue weighted by molar-refractivity contribution is 7.89. The number of likely N-dealkylation sites (tertiary alicyclic amines) is 1. The van der Waals surface area contributed by atoms with Gasteiger partial charge in [-0.3, -0.25) is 4.90 Å².